The molecule has 0 bridgehead atoms. The van der Waals surface area contributed by atoms with Gasteiger partial charge in [0.05, 0.1) is 0 Å². The van der Waals surface area contributed by atoms with Crippen LogP contribution in [0.2, 0.25) is 0 Å². The number of ether oxygens (including phenoxy) is 1. The van der Waals surface area contributed by atoms with Crippen LogP contribution in [0.3, 0.4) is 0 Å². The summed E-state index contributed by atoms with van der Waals surface area (Å²) in [5, 5.41) is 5.84. The number of amides is 1. The van der Waals surface area contributed by atoms with Crippen LogP contribution in [-0.2, 0) is 11.3 Å². The van der Waals surface area contributed by atoms with Crippen LogP contribution in [0.4, 0.5) is 13.2 Å². The average molecular weight is 304 g/mol. The molecule has 21 heavy (non-hydrogen) atoms. The molecule has 1 aromatic rings. The Hall–Kier alpha value is -1.76. The first-order valence-electron chi connectivity index (χ1n) is 6.61. The summed E-state index contributed by atoms with van der Waals surface area (Å²) in [6, 6.07) is 5.65. The van der Waals surface area contributed by atoms with E-state index in [-0.39, 0.29) is 17.6 Å². The molecule has 0 aliphatic carbocycles. The molecule has 0 aliphatic rings. The van der Waals surface area contributed by atoms with Crippen molar-refractivity contribution in [3.05, 3.63) is 29.8 Å². The Morgan fingerprint density at radius 2 is 1.81 bits per heavy atom. The van der Waals surface area contributed by atoms with E-state index in [1.54, 1.807) is 12.1 Å². The number of alkyl halides is 3. The Kier molecular flexibility index (Phi) is 6.48. The number of hydrogen-bond donors (Lipinski definition) is 2. The first-order chi connectivity index (χ1) is 9.78. The highest BCUT2D eigenvalue weighted by molar-refractivity contribution is 5.77. The van der Waals surface area contributed by atoms with Crippen molar-refractivity contribution in [2.24, 2.45) is 5.92 Å². The molecule has 1 rings (SSSR count). The van der Waals surface area contributed by atoms with E-state index in [4.69, 9.17) is 0 Å². The molecular formula is C14H19F3N2O2. The maximum absolute atomic E-state index is 12.0. The molecule has 0 saturated carbocycles. The highest BCUT2D eigenvalue weighted by Gasteiger charge is 2.30. The van der Waals surface area contributed by atoms with Gasteiger partial charge in [0.15, 0.2) is 0 Å². The second kappa shape index (κ2) is 7.87. The predicted octanol–water partition coefficient (Wildman–Crippen LogP) is 2.45. The lowest BCUT2D eigenvalue weighted by Gasteiger charge is -2.10. The third-order valence-corrected chi connectivity index (χ3v) is 2.61. The Morgan fingerprint density at radius 3 is 2.33 bits per heavy atom. The van der Waals surface area contributed by atoms with Gasteiger partial charge in [-0.3, -0.25) is 4.79 Å². The van der Waals surface area contributed by atoms with E-state index in [1.807, 2.05) is 13.8 Å². The van der Waals surface area contributed by atoms with Crippen LogP contribution in [0.5, 0.6) is 5.75 Å². The Labute approximate surface area is 121 Å². The molecule has 0 radical (unpaired) electrons. The summed E-state index contributed by atoms with van der Waals surface area (Å²) in [6.07, 6.45) is -4.67. The predicted molar refractivity (Wildman–Crippen MR) is 72.7 cm³/mol. The summed E-state index contributed by atoms with van der Waals surface area (Å²) in [5.74, 6) is -0.299. The van der Waals surface area contributed by atoms with Gasteiger partial charge in [-0.15, -0.1) is 13.2 Å². The van der Waals surface area contributed by atoms with E-state index in [1.165, 1.54) is 12.1 Å². The second-order valence-electron chi connectivity index (χ2n) is 4.81. The Morgan fingerprint density at radius 1 is 1.19 bits per heavy atom. The number of halogens is 3. The number of hydrogen-bond acceptors (Lipinski definition) is 3. The first-order valence-corrected chi connectivity index (χ1v) is 6.61. The lowest BCUT2D eigenvalue weighted by atomic mass is 10.2. The van der Waals surface area contributed by atoms with Gasteiger partial charge in [-0.05, 0) is 17.7 Å². The monoisotopic (exact) mass is 304 g/mol. The van der Waals surface area contributed by atoms with Crippen LogP contribution in [-0.4, -0.2) is 25.4 Å². The van der Waals surface area contributed by atoms with Crippen LogP contribution in [0.15, 0.2) is 24.3 Å². The molecule has 0 heterocycles. The van der Waals surface area contributed by atoms with Crippen LogP contribution in [0, 0.1) is 5.92 Å². The molecule has 0 atom stereocenters. The largest absolute Gasteiger partial charge is 0.573 e. The van der Waals surface area contributed by atoms with Gasteiger partial charge in [-0.25, -0.2) is 0 Å². The number of rotatable bonds is 7. The maximum Gasteiger partial charge on any atom is 0.573 e. The minimum Gasteiger partial charge on any atom is -0.406 e. The standard InChI is InChI=1S/C14H19F3N2O2/c1-10(2)13(20)19-8-7-18-9-11-3-5-12(6-4-11)21-14(15,16)17/h3-6,10,18H,7-9H2,1-2H3,(H,19,20). The number of carbonyl (C=O) groups is 1. The van der Waals surface area contributed by atoms with E-state index in [2.05, 4.69) is 15.4 Å². The summed E-state index contributed by atoms with van der Waals surface area (Å²) in [7, 11) is 0. The fourth-order valence-corrected chi connectivity index (χ4v) is 1.52. The summed E-state index contributed by atoms with van der Waals surface area (Å²) in [4.78, 5) is 11.3. The molecule has 0 aliphatic heterocycles. The fourth-order valence-electron chi connectivity index (χ4n) is 1.52. The zero-order chi connectivity index (χ0) is 15.9. The minimum absolute atomic E-state index is 0.00884. The maximum atomic E-state index is 12.0. The van der Waals surface area contributed by atoms with E-state index in [9.17, 15) is 18.0 Å². The molecule has 0 unspecified atom stereocenters. The SMILES string of the molecule is CC(C)C(=O)NCCNCc1ccc(OC(F)(F)F)cc1. The summed E-state index contributed by atoms with van der Waals surface area (Å²) in [5.41, 5.74) is 0.833. The molecule has 0 aromatic heterocycles. The molecule has 0 fully saturated rings. The topological polar surface area (TPSA) is 50.4 Å². The van der Waals surface area contributed by atoms with Gasteiger partial charge in [0, 0.05) is 25.6 Å². The van der Waals surface area contributed by atoms with E-state index in [0.29, 0.717) is 19.6 Å². The van der Waals surface area contributed by atoms with Crippen LogP contribution >= 0.6 is 0 Å². The van der Waals surface area contributed by atoms with Gasteiger partial charge in [0.1, 0.15) is 5.75 Å². The molecule has 7 heteroatoms. The number of nitrogens with one attached hydrogen (secondary N) is 2. The van der Waals surface area contributed by atoms with Crippen molar-refractivity contribution in [2.75, 3.05) is 13.1 Å². The molecular weight excluding hydrogens is 285 g/mol. The second-order valence-corrected chi connectivity index (χ2v) is 4.81. The van der Waals surface area contributed by atoms with Crippen molar-refractivity contribution in [3.8, 4) is 5.75 Å². The quantitative estimate of drug-likeness (QED) is 0.761. The molecule has 4 nitrogen and oxygen atoms in total. The van der Waals surface area contributed by atoms with Gasteiger partial charge < -0.3 is 15.4 Å². The first kappa shape index (κ1) is 17.3. The minimum atomic E-state index is -4.67. The Balaban J connectivity index is 2.26. The fraction of sp³-hybridized carbons (Fsp3) is 0.500. The van der Waals surface area contributed by atoms with Gasteiger partial charge in [-0.2, -0.15) is 0 Å². The van der Waals surface area contributed by atoms with E-state index < -0.39 is 6.36 Å². The van der Waals surface area contributed by atoms with Crippen LogP contribution in [0.25, 0.3) is 0 Å². The van der Waals surface area contributed by atoms with Gasteiger partial charge in [0.25, 0.3) is 0 Å². The molecule has 1 aromatic carbocycles. The van der Waals surface area contributed by atoms with Gasteiger partial charge in [-0.1, -0.05) is 26.0 Å². The molecule has 118 valence electrons. The average Bonchev–Trinajstić information content (AvgIpc) is 2.38. The lowest BCUT2D eigenvalue weighted by molar-refractivity contribution is -0.274. The number of benzene rings is 1. The number of carbonyl (C=O) groups excluding carboxylic acids is 1. The normalized spacial score (nSPS) is 11.5. The van der Waals surface area contributed by atoms with Crippen molar-refractivity contribution in [1.82, 2.24) is 10.6 Å². The molecule has 1 amide bonds. The van der Waals surface area contributed by atoms with Gasteiger partial charge in [0.2, 0.25) is 5.91 Å². The third-order valence-electron chi connectivity index (χ3n) is 2.61. The van der Waals surface area contributed by atoms with Crippen LogP contribution < -0.4 is 15.4 Å². The highest BCUT2D eigenvalue weighted by Crippen LogP contribution is 2.22. The third kappa shape index (κ3) is 7.55. The summed E-state index contributed by atoms with van der Waals surface area (Å²) in [6.45, 7) is 5.22. The highest BCUT2D eigenvalue weighted by atomic mass is 19.4. The summed E-state index contributed by atoms with van der Waals surface area (Å²) < 4.78 is 39.7. The van der Waals surface area contributed by atoms with E-state index in [0.717, 1.165) is 5.56 Å². The zero-order valence-corrected chi connectivity index (χ0v) is 12.0. The van der Waals surface area contributed by atoms with Crippen molar-refractivity contribution >= 4 is 5.91 Å². The summed E-state index contributed by atoms with van der Waals surface area (Å²) >= 11 is 0. The van der Waals surface area contributed by atoms with Crippen molar-refractivity contribution in [2.45, 2.75) is 26.8 Å². The smallest absolute Gasteiger partial charge is 0.406 e. The lowest BCUT2D eigenvalue weighted by Crippen LogP contribution is -2.34. The van der Waals surface area contributed by atoms with Crippen molar-refractivity contribution in [1.29, 1.82) is 0 Å². The molecule has 2 N–H and O–H groups in total. The van der Waals surface area contributed by atoms with Gasteiger partial charge >= 0.3 is 6.36 Å². The zero-order valence-electron chi connectivity index (χ0n) is 12.0. The molecule has 0 saturated heterocycles. The molecule has 0 spiro atoms. The van der Waals surface area contributed by atoms with Crippen molar-refractivity contribution < 1.29 is 22.7 Å². The van der Waals surface area contributed by atoms with Crippen molar-refractivity contribution in [3.63, 3.8) is 0 Å². The Bertz CT molecular complexity index is 445. The van der Waals surface area contributed by atoms with Crippen LogP contribution in [0.1, 0.15) is 19.4 Å². The van der Waals surface area contributed by atoms with E-state index >= 15 is 0 Å².